The largest absolute Gasteiger partial charge is 0.391 e. The Morgan fingerprint density at radius 1 is 0.868 bits per heavy atom. The van der Waals surface area contributed by atoms with Crippen molar-refractivity contribution in [2.75, 3.05) is 19.6 Å². The number of nitrogens with two attached hydrogens (primary N) is 1. The van der Waals surface area contributed by atoms with E-state index in [1.807, 2.05) is 13.8 Å². The number of carbonyl (C=O) groups excluding carboxylic acids is 3. The van der Waals surface area contributed by atoms with Crippen LogP contribution in [0, 0.1) is 18.6 Å². The van der Waals surface area contributed by atoms with E-state index in [2.05, 4.69) is 12.2 Å². The van der Waals surface area contributed by atoms with Crippen LogP contribution in [0.2, 0.25) is 0 Å². The van der Waals surface area contributed by atoms with Crippen molar-refractivity contribution < 1.29 is 28.3 Å². The molecule has 0 radical (unpaired) electrons. The van der Waals surface area contributed by atoms with Crippen LogP contribution in [-0.2, 0) is 0 Å². The summed E-state index contributed by atoms with van der Waals surface area (Å²) in [5.74, 6) is -2.43. The molecule has 0 fully saturated rings. The zero-order chi connectivity index (χ0) is 28.7. The molecule has 0 aromatic heterocycles. The van der Waals surface area contributed by atoms with Crippen LogP contribution in [0.5, 0.6) is 0 Å². The molecule has 9 heteroatoms. The van der Waals surface area contributed by atoms with Crippen LogP contribution >= 0.6 is 0 Å². The molecule has 0 saturated carbocycles. The maximum Gasteiger partial charge on any atom is 0.253 e. The first-order valence-electron chi connectivity index (χ1n) is 13.1. The van der Waals surface area contributed by atoms with Crippen molar-refractivity contribution in [2.45, 2.75) is 72.3 Å². The van der Waals surface area contributed by atoms with Crippen LogP contribution in [0.25, 0.3) is 0 Å². The van der Waals surface area contributed by atoms with E-state index in [9.17, 15) is 28.3 Å². The van der Waals surface area contributed by atoms with Gasteiger partial charge < -0.3 is 21.1 Å². The topological polar surface area (TPSA) is 113 Å². The molecule has 0 bridgehead atoms. The lowest BCUT2D eigenvalue weighted by Crippen LogP contribution is -2.34. The van der Waals surface area contributed by atoms with Gasteiger partial charge in [-0.15, -0.1) is 0 Å². The summed E-state index contributed by atoms with van der Waals surface area (Å²) >= 11 is 0. The number of aliphatic hydroxyl groups is 1. The van der Waals surface area contributed by atoms with Crippen molar-refractivity contribution in [2.24, 2.45) is 5.73 Å². The number of hydrogen-bond acceptors (Lipinski definition) is 4. The zero-order valence-corrected chi connectivity index (χ0v) is 22.9. The minimum Gasteiger partial charge on any atom is -0.391 e. The third-order valence-corrected chi connectivity index (χ3v) is 5.65. The highest BCUT2D eigenvalue weighted by atomic mass is 19.1. The first-order valence-corrected chi connectivity index (χ1v) is 13.1. The number of aliphatic hydroxyl groups excluding tert-OH is 1. The number of rotatable bonds is 13. The number of unbranched alkanes of at least 4 members (excludes halogenated alkanes) is 2. The monoisotopic (exact) mass is 533 g/mol. The van der Waals surface area contributed by atoms with Gasteiger partial charge in [0.05, 0.1) is 6.10 Å². The summed E-state index contributed by atoms with van der Waals surface area (Å²) in [7, 11) is 0. The number of benzene rings is 2. The predicted molar refractivity (Wildman–Crippen MR) is 145 cm³/mol. The summed E-state index contributed by atoms with van der Waals surface area (Å²) in [5.41, 5.74) is 6.55. The van der Waals surface area contributed by atoms with Crippen molar-refractivity contribution in [3.8, 4) is 0 Å². The molecule has 0 spiro atoms. The molecule has 0 heterocycles. The fourth-order valence-corrected chi connectivity index (χ4v) is 3.80. The first kappa shape index (κ1) is 32.7. The van der Waals surface area contributed by atoms with Crippen LogP contribution in [-0.4, -0.2) is 53.5 Å². The number of carbonyl (C=O) groups is 3. The van der Waals surface area contributed by atoms with E-state index in [1.165, 1.54) is 30.3 Å². The summed E-state index contributed by atoms with van der Waals surface area (Å²) < 4.78 is 24.4. The Balaban J connectivity index is 0.000000671. The Labute approximate surface area is 224 Å². The molecule has 2 aromatic carbocycles. The molecule has 210 valence electrons. The number of amides is 3. The highest BCUT2D eigenvalue weighted by Crippen LogP contribution is 2.14. The van der Waals surface area contributed by atoms with E-state index in [0.29, 0.717) is 25.1 Å². The maximum atomic E-state index is 12.9. The zero-order valence-electron chi connectivity index (χ0n) is 22.9. The van der Waals surface area contributed by atoms with Crippen LogP contribution in [0.4, 0.5) is 8.78 Å². The Bertz CT molecular complexity index is 1010. The molecule has 0 saturated heterocycles. The lowest BCUT2D eigenvalue weighted by molar-refractivity contribution is 0.0755. The van der Waals surface area contributed by atoms with Crippen LogP contribution in [0.15, 0.2) is 36.4 Å². The first-order chi connectivity index (χ1) is 18.0. The molecular weight excluding hydrogens is 492 g/mol. The average molecular weight is 534 g/mol. The lowest BCUT2D eigenvalue weighted by atomic mass is 10.0. The van der Waals surface area contributed by atoms with Gasteiger partial charge in [-0.25, -0.2) is 8.78 Å². The summed E-state index contributed by atoms with van der Waals surface area (Å²) in [5, 5.41) is 12.7. The van der Waals surface area contributed by atoms with Crippen LogP contribution in [0.1, 0.15) is 95.9 Å². The molecule has 7 nitrogen and oxygen atoms in total. The van der Waals surface area contributed by atoms with Gasteiger partial charge in [0, 0.05) is 42.4 Å². The Morgan fingerprint density at radius 2 is 1.42 bits per heavy atom. The van der Waals surface area contributed by atoms with E-state index in [0.717, 1.165) is 38.2 Å². The quantitative estimate of drug-likeness (QED) is 0.315. The molecule has 1 atom stereocenters. The van der Waals surface area contributed by atoms with Crippen LogP contribution < -0.4 is 11.1 Å². The third kappa shape index (κ3) is 11.8. The van der Waals surface area contributed by atoms with Crippen molar-refractivity contribution in [3.63, 3.8) is 0 Å². The summed E-state index contributed by atoms with van der Waals surface area (Å²) in [6.45, 7) is 9.01. The van der Waals surface area contributed by atoms with Gasteiger partial charge in [-0.1, -0.05) is 40.0 Å². The van der Waals surface area contributed by atoms with Gasteiger partial charge >= 0.3 is 0 Å². The molecule has 2 rings (SSSR count). The molecule has 38 heavy (non-hydrogen) atoms. The van der Waals surface area contributed by atoms with Gasteiger partial charge in [0.15, 0.2) is 0 Å². The van der Waals surface area contributed by atoms with Gasteiger partial charge in [0.25, 0.3) is 11.8 Å². The van der Waals surface area contributed by atoms with Crippen molar-refractivity contribution in [1.82, 2.24) is 10.2 Å². The smallest absolute Gasteiger partial charge is 0.253 e. The maximum absolute atomic E-state index is 12.9. The fraction of sp³-hybridized carbons (Fsp3) is 0.483. The van der Waals surface area contributed by atoms with Crippen LogP contribution in [0.3, 0.4) is 0 Å². The second-order valence-corrected chi connectivity index (χ2v) is 9.26. The summed E-state index contributed by atoms with van der Waals surface area (Å²) in [6, 6.07) is 7.70. The van der Waals surface area contributed by atoms with E-state index >= 15 is 0 Å². The summed E-state index contributed by atoms with van der Waals surface area (Å²) in [4.78, 5) is 38.9. The standard InChI is InChI=1S/C22H35N3O4.C7H6F2/c1-4-7-8-9-19(26)15-24-21(28)17-12-16(20(23)27)13-18(14-17)22(29)25(10-5-2)11-6-3;1-5-2-6(8)4-7(9)3-5/h12-14,19,26H,4-11,15H2,1-3H3,(H2,23,27)(H,24,28);2-4H,1H3. The predicted octanol–water partition coefficient (Wildman–Crippen LogP) is 4.99. The second kappa shape index (κ2) is 17.2. The van der Waals surface area contributed by atoms with Gasteiger partial charge in [-0.2, -0.15) is 0 Å². The van der Waals surface area contributed by atoms with Crippen molar-refractivity contribution in [3.05, 3.63) is 70.3 Å². The number of nitrogens with one attached hydrogen (secondary N) is 1. The second-order valence-electron chi connectivity index (χ2n) is 9.26. The Kier molecular flexibility index (Phi) is 14.8. The van der Waals surface area contributed by atoms with Crippen molar-refractivity contribution >= 4 is 17.7 Å². The van der Waals surface area contributed by atoms with Gasteiger partial charge in [0.1, 0.15) is 11.6 Å². The number of primary amides is 1. The van der Waals surface area contributed by atoms with E-state index < -0.39 is 29.6 Å². The molecule has 2 aromatic rings. The Hall–Kier alpha value is -3.33. The van der Waals surface area contributed by atoms with E-state index in [4.69, 9.17) is 5.73 Å². The van der Waals surface area contributed by atoms with Gasteiger partial charge in [0.2, 0.25) is 5.91 Å². The molecule has 3 amide bonds. The SMILES string of the molecule is CCCCCC(O)CNC(=O)c1cc(C(N)=O)cc(C(=O)N(CCC)CCC)c1.Cc1cc(F)cc(F)c1. The molecule has 0 aliphatic rings. The van der Waals surface area contributed by atoms with Gasteiger partial charge in [-0.3, -0.25) is 14.4 Å². The number of hydrogen-bond donors (Lipinski definition) is 3. The van der Waals surface area contributed by atoms with E-state index in [-0.39, 0.29) is 29.1 Å². The minimum atomic E-state index is -0.703. The number of aryl methyl sites for hydroxylation is 1. The molecule has 0 aliphatic carbocycles. The number of halogens is 2. The normalized spacial score (nSPS) is 11.2. The molecule has 1 unspecified atom stereocenters. The van der Waals surface area contributed by atoms with Gasteiger partial charge in [-0.05, 0) is 62.1 Å². The van der Waals surface area contributed by atoms with E-state index in [1.54, 1.807) is 11.8 Å². The lowest BCUT2D eigenvalue weighted by Gasteiger charge is -2.22. The third-order valence-electron chi connectivity index (χ3n) is 5.65. The average Bonchev–Trinajstić information content (AvgIpc) is 2.86. The molecular formula is C29H41F2N3O4. The fourth-order valence-electron chi connectivity index (χ4n) is 3.80. The highest BCUT2D eigenvalue weighted by molar-refractivity contribution is 6.04. The molecule has 4 N–H and O–H groups in total. The minimum absolute atomic E-state index is 0.109. The summed E-state index contributed by atoms with van der Waals surface area (Å²) in [6.07, 6.45) is 4.59. The molecule has 0 aliphatic heterocycles. The van der Waals surface area contributed by atoms with Crippen molar-refractivity contribution in [1.29, 1.82) is 0 Å². The highest BCUT2D eigenvalue weighted by Gasteiger charge is 2.19. The Morgan fingerprint density at radius 3 is 1.92 bits per heavy atom. The number of nitrogens with zero attached hydrogens (tertiary/aromatic N) is 1.